The van der Waals surface area contributed by atoms with Crippen molar-refractivity contribution in [3.8, 4) is 22.7 Å². The number of hydrazone groups is 1. The van der Waals surface area contributed by atoms with Gasteiger partial charge in [-0.3, -0.25) is 9.36 Å². The van der Waals surface area contributed by atoms with Gasteiger partial charge >= 0.3 is 0 Å². The first-order valence-electron chi connectivity index (χ1n) is 8.57. The van der Waals surface area contributed by atoms with Gasteiger partial charge in [0.1, 0.15) is 11.8 Å². The molecular formula is C18H12Cl2N6O4S. The molecule has 3 N–H and O–H groups in total. The highest BCUT2D eigenvalue weighted by atomic mass is 35.5. The van der Waals surface area contributed by atoms with Crippen molar-refractivity contribution < 1.29 is 14.9 Å². The van der Waals surface area contributed by atoms with Crippen LogP contribution in [0.4, 0.5) is 5.69 Å². The highest BCUT2D eigenvalue weighted by Crippen LogP contribution is 2.40. The van der Waals surface area contributed by atoms with Crippen LogP contribution in [-0.4, -0.2) is 38.1 Å². The lowest BCUT2D eigenvalue weighted by Crippen LogP contribution is -2.55. The lowest BCUT2D eigenvalue weighted by atomic mass is 10.2. The average molecular weight is 479 g/mol. The number of thiazole rings is 1. The first kappa shape index (κ1) is 21.3. The Balaban J connectivity index is 1.66. The van der Waals surface area contributed by atoms with E-state index in [1.807, 2.05) is 0 Å². The normalized spacial score (nSPS) is 18.4. The van der Waals surface area contributed by atoms with Crippen LogP contribution in [0.2, 0.25) is 10.0 Å². The summed E-state index contributed by atoms with van der Waals surface area (Å²) < 4.78 is 7.12. The summed E-state index contributed by atoms with van der Waals surface area (Å²) in [7, 11) is 0. The maximum absolute atomic E-state index is 12.1. The fourth-order valence-corrected chi connectivity index (χ4v) is 3.88. The SMILES string of the molecule is N#CC1=NN(c2cc(Cl)c(Oc3ccc(=O)n(-c4nccs4)c3)c(Cl)c2)C(O)NC1O. The van der Waals surface area contributed by atoms with E-state index in [4.69, 9.17) is 33.2 Å². The predicted octanol–water partition coefficient (Wildman–Crippen LogP) is 2.28. The Kier molecular flexibility index (Phi) is 5.92. The molecule has 0 radical (unpaired) electrons. The quantitative estimate of drug-likeness (QED) is 0.519. The van der Waals surface area contributed by atoms with Crippen molar-refractivity contribution in [3.05, 3.63) is 62.4 Å². The molecule has 3 heterocycles. The summed E-state index contributed by atoms with van der Waals surface area (Å²) in [5, 5.41) is 38.6. The van der Waals surface area contributed by atoms with Crippen LogP contribution >= 0.6 is 34.5 Å². The molecule has 0 amide bonds. The van der Waals surface area contributed by atoms with Crippen LogP contribution in [0, 0.1) is 11.3 Å². The van der Waals surface area contributed by atoms with Crippen LogP contribution in [0.3, 0.4) is 0 Å². The summed E-state index contributed by atoms with van der Waals surface area (Å²) in [4.78, 5) is 16.2. The second kappa shape index (κ2) is 8.64. The molecule has 158 valence electrons. The second-order valence-electron chi connectivity index (χ2n) is 6.11. The molecule has 2 atom stereocenters. The first-order valence-corrected chi connectivity index (χ1v) is 10.2. The number of rotatable bonds is 4. The van der Waals surface area contributed by atoms with E-state index >= 15 is 0 Å². The maximum Gasteiger partial charge on any atom is 0.257 e. The van der Waals surface area contributed by atoms with Crippen molar-refractivity contribution in [2.75, 3.05) is 5.01 Å². The van der Waals surface area contributed by atoms with Crippen LogP contribution < -0.4 is 20.6 Å². The number of anilines is 1. The Morgan fingerprint density at radius 3 is 2.65 bits per heavy atom. The molecule has 1 aliphatic heterocycles. The molecule has 2 aromatic heterocycles. The van der Waals surface area contributed by atoms with Gasteiger partial charge in [-0.1, -0.05) is 23.2 Å². The van der Waals surface area contributed by atoms with Crippen molar-refractivity contribution in [1.82, 2.24) is 14.9 Å². The summed E-state index contributed by atoms with van der Waals surface area (Å²) in [5.41, 5.74) is -0.285. The van der Waals surface area contributed by atoms with E-state index in [0.717, 1.165) is 5.01 Å². The minimum atomic E-state index is -1.42. The topological polar surface area (TPSA) is 136 Å². The van der Waals surface area contributed by atoms with Crippen LogP contribution in [0.15, 0.2) is 51.9 Å². The third-order valence-corrected chi connectivity index (χ3v) is 5.44. The fourth-order valence-electron chi connectivity index (χ4n) is 2.71. The third-order valence-electron chi connectivity index (χ3n) is 4.10. The number of halogens is 2. The molecule has 0 aliphatic carbocycles. The summed E-state index contributed by atoms with van der Waals surface area (Å²) in [6, 6.07) is 7.36. The van der Waals surface area contributed by atoms with Gasteiger partial charge in [-0.15, -0.1) is 11.3 Å². The van der Waals surface area contributed by atoms with Crippen molar-refractivity contribution in [1.29, 1.82) is 5.26 Å². The molecule has 0 fully saturated rings. The van der Waals surface area contributed by atoms with Gasteiger partial charge in [-0.25, -0.2) is 15.3 Å². The molecule has 31 heavy (non-hydrogen) atoms. The standard InChI is InChI=1S/C18H12Cl2N6O4S/c19-11-5-9(26-17(29)23-16(28)13(7-21)24-26)6-12(20)15(11)30-10-1-2-14(27)25(8-10)18-22-3-4-31-18/h1-6,8,16-17,23,28-29H. The third kappa shape index (κ3) is 4.26. The number of aliphatic hydroxyl groups excluding tert-OH is 2. The number of pyridine rings is 1. The van der Waals surface area contributed by atoms with Gasteiger partial charge in [0.25, 0.3) is 5.56 Å². The smallest absolute Gasteiger partial charge is 0.257 e. The van der Waals surface area contributed by atoms with E-state index in [9.17, 15) is 15.0 Å². The average Bonchev–Trinajstić information content (AvgIpc) is 3.26. The zero-order chi connectivity index (χ0) is 22.1. The van der Waals surface area contributed by atoms with Gasteiger partial charge in [0.2, 0.25) is 6.35 Å². The van der Waals surface area contributed by atoms with Crippen molar-refractivity contribution >= 4 is 45.9 Å². The molecule has 0 saturated heterocycles. The zero-order valence-corrected chi connectivity index (χ0v) is 17.6. The summed E-state index contributed by atoms with van der Waals surface area (Å²) in [6.07, 6.45) is 0.214. The lowest BCUT2D eigenvalue weighted by Gasteiger charge is -2.32. The molecule has 1 aliphatic rings. The second-order valence-corrected chi connectivity index (χ2v) is 7.80. The fraction of sp³-hybridized carbons (Fsp3) is 0.111. The Bertz CT molecular complexity index is 1230. The minimum absolute atomic E-state index is 0.0847. The van der Waals surface area contributed by atoms with Crippen LogP contribution in [0.25, 0.3) is 5.13 Å². The van der Waals surface area contributed by atoms with Crippen molar-refractivity contribution in [2.45, 2.75) is 12.6 Å². The minimum Gasteiger partial charge on any atom is -0.453 e. The molecule has 10 nitrogen and oxygen atoms in total. The zero-order valence-electron chi connectivity index (χ0n) is 15.3. The molecule has 1 aromatic carbocycles. The van der Waals surface area contributed by atoms with Crippen LogP contribution in [0.5, 0.6) is 11.5 Å². The number of hydrogen-bond donors (Lipinski definition) is 3. The lowest BCUT2D eigenvalue weighted by molar-refractivity contribution is 0.0631. The number of nitrogens with zero attached hydrogens (tertiary/aromatic N) is 5. The van der Waals surface area contributed by atoms with E-state index in [1.165, 1.54) is 46.4 Å². The molecule has 2 unspecified atom stereocenters. The number of nitrogens with one attached hydrogen (secondary N) is 1. The largest absolute Gasteiger partial charge is 0.453 e. The molecule has 4 rings (SSSR count). The van der Waals surface area contributed by atoms with Gasteiger partial charge < -0.3 is 14.9 Å². The Labute approximate surface area is 188 Å². The summed E-state index contributed by atoms with van der Waals surface area (Å²) >= 11 is 14.0. The Morgan fingerprint density at radius 1 is 1.26 bits per heavy atom. The molecule has 0 spiro atoms. The van der Waals surface area contributed by atoms with E-state index in [1.54, 1.807) is 17.6 Å². The highest BCUT2D eigenvalue weighted by molar-refractivity contribution is 7.12. The molecular weight excluding hydrogens is 467 g/mol. The number of ether oxygens (including phenoxy) is 1. The van der Waals surface area contributed by atoms with Gasteiger partial charge in [0, 0.05) is 17.6 Å². The number of hydrogen-bond acceptors (Lipinski definition) is 10. The molecule has 3 aromatic rings. The Morgan fingerprint density at radius 2 is 2.00 bits per heavy atom. The summed E-state index contributed by atoms with van der Waals surface area (Å²) in [5.74, 6) is 0.402. The van der Waals surface area contributed by atoms with Gasteiger partial charge in [0.15, 0.2) is 22.8 Å². The van der Waals surface area contributed by atoms with Crippen LogP contribution in [-0.2, 0) is 0 Å². The molecule has 0 bridgehead atoms. The van der Waals surface area contributed by atoms with Crippen molar-refractivity contribution in [2.24, 2.45) is 5.10 Å². The summed E-state index contributed by atoms with van der Waals surface area (Å²) in [6.45, 7) is 0. The van der Waals surface area contributed by atoms with Gasteiger partial charge in [-0.2, -0.15) is 10.4 Å². The number of aliphatic hydroxyl groups is 2. The predicted molar refractivity (Wildman–Crippen MR) is 115 cm³/mol. The van der Waals surface area contributed by atoms with E-state index in [2.05, 4.69) is 15.4 Å². The monoisotopic (exact) mass is 478 g/mol. The number of benzene rings is 1. The Hall–Kier alpha value is -2.98. The molecule has 0 saturated carbocycles. The van der Waals surface area contributed by atoms with Crippen molar-refractivity contribution in [3.63, 3.8) is 0 Å². The van der Waals surface area contributed by atoms with E-state index in [0.29, 0.717) is 10.9 Å². The maximum atomic E-state index is 12.1. The first-order chi connectivity index (χ1) is 14.9. The highest BCUT2D eigenvalue weighted by Gasteiger charge is 2.29. The number of nitriles is 1. The van der Waals surface area contributed by atoms with E-state index in [-0.39, 0.29) is 32.8 Å². The van der Waals surface area contributed by atoms with Gasteiger partial charge in [0.05, 0.1) is 21.9 Å². The van der Waals surface area contributed by atoms with Gasteiger partial charge in [-0.05, 0) is 18.2 Å². The van der Waals surface area contributed by atoms with E-state index < -0.39 is 12.6 Å². The molecule has 13 heteroatoms. The number of aromatic nitrogens is 2. The van der Waals surface area contributed by atoms with Crippen LogP contribution in [0.1, 0.15) is 0 Å².